The SMILES string of the molecule is COc1cccc(OC[C@H]2CNCCO2)c1-c1cc(Nc2cnc(C#N)cn2)n[nH]1. The van der Waals surface area contributed by atoms with Crippen molar-refractivity contribution in [3.8, 4) is 28.8 Å². The molecule has 0 bridgehead atoms. The van der Waals surface area contributed by atoms with Crippen LogP contribution in [0.15, 0.2) is 36.7 Å². The summed E-state index contributed by atoms with van der Waals surface area (Å²) >= 11 is 0. The number of nitrogens with one attached hydrogen (secondary N) is 3. The molecule has 1 fully saturated rings. The largest absolute Gasteiger partial charge is 0.496 e. The topological polar surface area (TPSA) is 130 Å². The second-order valence-corrected chi connectivity index (χ2v) is 6.53. The molecule has 2 aromatic heterocycles. The number of nitriles is 1. The summed E-state index contributed by atoms with van der Waals surface area (Å²) in [4.78, 5) is 8.13. The van der Waals surface area contributed by atoms with Crippen molar-refractivity contribution in [2.45, 2.75) is 6.10 Å². The molecule has 10 nitrogen and oxygen atoms in total. The number of ether oxygens (including phenoxy) is 3. The van der Waals surface area contributed by atoms with Crippen molar-refractivity contribution < 1.29 is 14.2 Å². The highest BCUT2D eigenvalue weighted by molar-refractivity contribution is 5.76. The van der Waals surface area contributed by atoms with Gasteiger partial charge < -0.3 is 24.8 Å². The molecule has 1 aliphatic heterocycles. The van der Waals surface area contributed by atoms with Gasteiger partial charge in [0.1, 0.15) is 36.1 Å². The fourth-order valence-electron chi connectivity index (χ4n) is 3.07. The lowest BCUT2D eigenvalue weighted by Gasteiger charge is -2.24. The van der Waals surface area contributed by atoms with Crippen LogP contribution in [0.5, 0.6) is 11.5 Å². The molecule has 1 atom stereocenters. The molecule has 1 saturated heterocycles. The van der Waals surface area contributed by atoms with Gasteiger partial charge in [-0.3, -0.25) is 5.10 Å². The maximum Gasteiger partial charge on any atom is 0.158 e. The number of aromatic nitrogens is 4. The summed E-state index contributed by atoms with van der Waals surface area (Å²) in [7, 11) is 1.61. The first-order chi connectivity index (χ1) is 14.8. The molecule has 0 aliphatic carbocycles. The van der Waals surface area contributed by atoms with Crippen molar-refractivity contribution >= 4 is 11.6 Å². The number of morpholine rings is 1. The number of H-pyrrole nitrogens is 1. The van der Waals surface area contributed by atoms with Gasteiger partial charge in [-0.05, 0) is 12.1 Å². The van der Waals surface area contributed by atoms with E-state index in [0.29, 0.717) is 42.0 Å². The molecule has 10 heteroatoms. The van der Waals surface area contributed by atoms with Gasteiger partial charge in [-0.2, -0.15) is 10.4 Å². The van der Waals surface area contributed by atoms with Crippen molar-refractivity contribution in [1.82, 2.24) is 25.5 Å². The number of rotatable bonds is 7. The summed E-state index contributed by atoms with van der Waals surface area (Å²) in [6, 6.07) is 9.38. The highest BCUT2D eigenvalue weighted by Crippen LogP contribution is 2.38. The second kappa shape index (κ2) is 9.21. The monoisotopic (exact) mass is 407 g/mol. The summed E-state index contributed by atoms with van der Waals surface area (Å²) in [5, 5.41) is 22.4. The smallest absolute Gasteiger partial charge is 0.158 e. The van der Waals surface area contributed by atoms with E-state index in [2.05, 4.69) is 30.8 Å². The Hall–Kier alpha value is -3.68. The van der Waals surface area contributed by atoms with Crippen LogP contribution < -0.4 is 20.1 Å². The fourth-order valence-corrected chi connectivity index (χ4v) is 3.07. The maximum atomic E-state index is 8.82. The lowest BCUT2D eigenvalue weighted by Crippen LogP contribution is -2.41. The van der Waals surface area contributed by atoms with Gasteiger partial charge in [0.25, 0.3) is 0 Å². The first kappa shape index (κ1) is 19.6. The lowest BCUT2D eigenvalue weighted by molar-refractivity contribution is 0.000280. The zero-order valence-corrected chi connectivity index (χ0v) is 16.4. The summed E-state index contributed by atoms with van der Waals surface area (Å²) in [6.07, 6.45) is 2.86. The Morgan fingerprint density at radius 2 is 2.17 bits per heavy atom. The zero-order valence-electron chi connectivity index (χ0n) is 16.4. The Bertz CT molecular complexity index is 1020. The minimum Gasteiger partial charge on any atom is -0.496 e. The Kier molecular flexibility index (Phi) is 6.03. The van der Waals surface area contributed by atoms with Crippen LogP contribution >= 0.6 is 0 Å². The molecule has 0 radical (unpaired) electrons. The van der Waals surface area contributed by atoms with Crippen molar-refractivity contribution in [3.63, 3.8) is 0 Å². The highest BCUT2D eigenvalue weighted by atomic mass is 16.5. The molecular formula is C20H21N7O3. The number of hydrogen-bond donors (Lipinski definition) is 3. The molecular weight excluding hydrogens is 386 g/mol. The van der Waals surface area contributed by atoms with E-state index < -0.39 is 0 Å². The lowest BCUT2D eigenvalue weighted by atomic mass is 10.1. The van der Waals surface area contributed by atoms with Crippen LogP contribution in [0, 0.1) is 11.3 Å². The quantitative estimate of drug-likeness (QED) is 0.537. The molecule has 1 aliphatic rings. The minimum absolute atomic E-state index is 0.00764. The van der Waals surface area contributed by atoms with E-state index in [4.69, 9.17) is 19.5 Å². The summed E-state index contributed by atoms with van der Waals surface area (Å²) < 4.78 is 17.3. The van der Waals surface area contributed by atoms with Crippen LogP contribution in [0.3, 0.4) is 0 Å². The van der Waals surface area contributed by atoms with Gasteiger partial charge in [0.2, 0.25) is 0 Å². The highest BCUT2D eigenvalue weighted by Gasteiger charge is 2.19. The first-order valence-corrected chi connectivity index (χ1v) is 9.44. The predicted molar refractivity (Wildman–Crippen MR) is 109 cm³/mol. The van der Waals surface area contributed by atoms with E-state index in [-0.39, 0.29) is 11.8 Å². The summed E-state index contributed by atoms with van der Waals surface area (Å²) in [6.45, 7) is 2.71. The Labute approximate surface area is 173 Å². The third kappa shape index (κ3) is 4.48. The molecule has 3 N–H and O–H groups in total. The van der Waals surface area contributed by atoms with Crippen LogP contribution in [0.2, 0.25) is 0 Å². The number of anilines is 2. The van der Waals surface area contributed by atoms with E-state index in [1.807, 2.05) is 30.3 Å². The predicted octanol–water partition coefficient (Wildman–Crippen LogP) is 1.86. The van der Waals surface area contributed by atoms with E-state index >= 15 is 0 Å². The number of nitrogens with zero attached hydrogens (tertiary/aromatic N) is 4. The Balaban J connectivity index is 1.54. The third-order valence-electron chi connectivity index (χ3n) is 4.51. The standard InChI is InChI=1S/C20H21N7O3/c1-28-16-3-2-4-17(30-12-14-10-22-5-6-29-14)20(16)15-7-18(27-26-15)25-19-11-23-13(8-21)9-24-19/h2-4,7,9,11,14,22H,5-6,10,12H2,1H3,(H2,24,25,26,27)/t14-/m1/s1. The second-order valence-electron chi connectivity index (χ2n) is 6.53. The average molecular weight is 407 g/mol. The van der Waals surface area contributed by atoms with E-state index in [0.717, 1.165) is 18.7 Å². The van der Waals surface area contributed by atoms with Gasteiger partial charge in [0.15, 0.2) is 11.5 Å². The van der Waals surface area contributed by atoms with Crippen LogP contribution in [0.1, 0.15) is 5.69 Å². The van der Waals surface area contributed by atoms with Crippen molar-refractivity contribution in [2.75, 3.05) is 38.7 Å². The summed E-state index contributed by atoms with van der Waals surface area (Å²) in [5.41, 5.74) is 1.72. The molecule has 3 heterocycles. The van der Waals surface area contributed by atoms with Crippen molar-refractivity contribution in [3.05, 3.63) is 42.4 Å². The third-order valence-corrected chi connectivity index (χ3v) is 4.51. The van der Waals surface area contributed by atoms with E-state index in [1.165, 1.54) is 12.4 Å². The Morgan fingerprint density at radius 1 is 1.27 bits per heavy atom. The number of benzene rings is 1. The van der Waals surface area contributed by atoms with Crippen LogP contribution in [-0.4, -0.2) is 59.7 Å². The van der Waals surface area contributed by atoms with Crippen molar-refractivity contribution in [2.24, 2.45) is 0 Å². The molecule has 0 unspecified atom stereocenters. The van der Waals surface area contributed by atoms with E-state index in [9.17, 15) is 0 Å². The fraction of sp³-hybridized carbons (Fsp3) is 0.300. The van der Waals surface area contributed by atoms with Crippen molar-refractivity contribution in [1.29, 1.82) is 5.26 Å². The average Bonchev–Trinajstić information content (AvgIpc) is 3.26. The zero-order chi connectivity index (χ0) is 20.8. The maximum absolute atomic E-state index is 8.82. The molecule has 0 saturated carbocycles. The van der Waals surface area contributed by atoms with Gasteiger partial charge in [0.05, 0.1) is 37.4 Å². The molecule has 154 valence electrons. The van der Waals surface area contributed by atoms with Crippen LogP contribution in [0.25, 0.3) is 11.3 Å². The Morgan fingerprint density at radius 3 is 2.90 bits per heavy atom. The van der Waals surface area contributed by atoms with Gasteiger partial charge in [0, 0.05) is 19.2 Å². The van der Waals surface area contributed by atoms with E-state index in [1.54, 1.807) is 7.11 Å². The van der Waals surface area contributed by atoms with Gasteiger partial charge in [-0.25, -0.2) is 9.97 Å². The molecule has 0 spiro atoms. The van der Waals surface area contributed by atoms with Gasteiger partial charge in [-0.1, -0.05) is 6.07 Å². The molecule has 3 aromatic rings. The number of hydrogen-bond acceptors (Lipinski definition) is 9. The molecule has 30 heavy (non-hydrogen) atoms. The van der Waals surface area contributed by atoms with Gasteiger partial charge in [-0.15, -0.1) is 0 Å². The summed E-state index contributed by atoms with van der Waals surface area (Å²) in [5.74, 6) is 2.34. The minimum atomic E-state index is -0.00764. The number of methoxy groups -OCH3 is 1. The first-order valence-electron chi connectivity index (χ1n) is 9.44. The van der Waals surface area contributed by atoms with Gasteiger partial charge >= 0.3 is 0 Å². The number of aromatic amines is 1. The molecule has 1 aromatic carbocycles. The normalized spacial score (nSPS) is 15.9. The van der Waals surface area contributed by atoms with Crippen LogP contribution in [-0.2, 0) is 4.74 Å². The molecule has 0 amide bonds. The van der Waals surface area contributed by atoms with Crippen LogP contribution in [0.4, 0.5) is 11.6 Å². The molecule has 4 rings (SSSR count).